The van der Waals surface area contributed by atoms with Crippen LogP contribution in [0.4, 0.5) is 0 Å². The van der Waals surface area contributed by atoms with Crippen molar-refractivity contribution >= 4 is 9.84 Å². The maximum absolute atomic E-state index is 12.0. The number of nitrogens with two attached hydrogens (primary N) is 1. The van der Waals surface area contributed by atoms with Crippen LogP contribution in [0.15, 0.2) is 29.2 Å². The molecule has 0 bridgehead atoms. The Hall–Kier alpha value is -0.870. The van der Waals surface area contributed by atoms with Crippen LogP contribution in [0, 0.1) is 0 Å². The third kappa shape index (κ3) is 4.13. The number of benzene rings is 1. The Bertz CT molecular complexity index is 447. The van der Waals surface area contributed by atoms with Gasteiger partial charge in [-0.3, -0.25) is 0 Å². The molecule has 2 N–H and O–H groups in total. The van der Waals surface area contributed by atoms with E-state index < -0.39 is 9.84 Å². The number of hydrogen-bond acceptors (Lipinski definition) is 3. The van der Waals surface area contributed by atoms with E-state index in [9.17, 15) is 8.42 Å². The Morgan fingerprint density at radius 3 is 2.06 bits per heavy atom. The minimum atomic E-state index is -3.18. The third-order valence-electron chi connectivity index (χ3n) is 2.75. The van der Waals surface area contributed by atoms with E-state index in [4.69, 9.17) is 5.73 Å². The van der Waals surface area contributed by atoms with Crippen molar-refractivity contribution < 1.29 is 8.42 Å². The minimum absolute atomic E-state index is 0.0836. The van der Waals surface area contributed by atoms with Crippen molar-refractivity contribution in [1.29, 1.82) is 0 Å². The van der Waals surface area contributed by atoms with Crippen molar-refractivity contribution in [3.63, 3.8) is 0 Å². The van der Waals surface area contributed by atoms with Crippen LogP contribution in [-0.2, 0) is 9.84 Å². The van der Waals surface area contributed by atoms with Crippen LogP contribution in [0.1, 0.15) is 38.7 Å². The lowest BCUT2D eigenvalue weighted by molar-refractivity contribution is 0.587. The first kappa shape index (κ1) is 14.2. The van der Waals surface area contributed by atoms with Crippen molar-refractivity contribution in [2.24, 2.45) is 5.73 Å². The van der Waals surface area contributed by atoms with E-state index in [2.05, 4.69) is 13.8 Å². The van der Waals surface area contributed by atoms with E-state index in [-0.39, 0.29) is 11.8 Å². The zero-order valence-electron chi connectivity index (χ0n) is 10.7. The van der Waals surface area contributed by atoms with E-state index in [1.165, 1.54) is 0 Å². The number of hydrogen-bond donors (Lipinski definition) is 1. The molecule has 1 unspecified atom stereocenters. The molecule has 0 radical (unpaired) electrons. The molecule has 0 saturated carbocycles. The van der Waals surface area contributed by atoms with Gasteiger partial charge in [0.15, 0.2) is 9.84 Å². The van der Waals surface area contributed by atoms with Gasteiger partial charge in [-0.1, -0.05) is 26.0 Å². The van der Waals surface area contributed by atoms with Crippen LogP contribution in [0.2, 0.25) is 0 Å². The average Bonchev–Trinajstić information content (AvgIpc) is 2.27. The fraction of sp³-hybridized carbons (Fsp3) is 0.538. The molecular weight excluding hydrogens is 234 g/mol. The Labute approximate surface area is 104 Å². The molecule has 1 aromatic carbocycles. The Kier molecular flexibility index (Phi) is 4.71. The second-order valence-corrected chi connectivity index (χ2v) is 6.92. The zero-order chi connectivity index (χ0) is 13.1. The first-order chi connectivity index (χ1) is 7.83. The van der Waals surface area contributed by atoms with E-state index in [0.717, 1.165) is 5.56 Å². The van der Waals surface area contributed by atoms with Gasteiger partial charge in [0.2, 0.25) is 0 Å². The first-order valence-electron chi connectivity index (χ1n) is 5.91. The SMILES string of the molecule is CC(N)CCS(=O)(=O)c1ccc(C(C)C)cc1. The highest BCUT2D eigenvalue weighted by Gasteiger charge is 2.15. The maximum Gasteiger partial charge on any atom is 0.178 e. The van der Waals surface area contributed by atoms with Gasteiger partial charge in [0.25, 0.3) is 0 Å². The maximum atomic E-state index is 12.0. The summed E-state index contributed by atoms with van der Waals surface area (Å²) in [5.41, 5.74) is 6.73. The van der Waals surface area contributed by atoms with Crippen molar-refractivity contribution in [1.82, 2.24) is 0 Å². The summed E-state index contributed by atoms with van der Waals surface area (Å²) in [6.07, 6.45) is 0.494. The van der Waals surface area contributed by atoms with Gasteiger partial charge in [-0.2, -0.15) is 0 Å². The predicted molar refractivity (Wildman–Crippen MR) is 70.9 cm³/mol. The number of sulfone groups is 1. The van der Waals surface area contributed by atoms with Crippen LogP contribution in [0.25, 0.3) is 0 Å². The molecule has 0 spiro atoms. The molecule has 1 aromatic rings. The molecule has 0 aromatic heterocycles. The fourth-order valence-electron chi connectivity index (χ4n) is 1.52. The van der Waals surface area contributed by atoms with Crippen molar-refractivity contribution in [2.75, 3.05) is 5.75 Å². The van der Waals surface area contributed by atoms with Crippen molar-refractivity contribution in [3.8, 4) is 0 Å². The van der Waals surface area contributed by atoms with Crippen LogP contribution in [0.3, 0.4) is 0 Å². The highest BCUT2D eigenvalue weighted by molar-refractivity contribution is 7.91. The second kappa shape index (κ2) is 5.65. The molecular formula is C13H21NO2S. The van der Waals surface area contributed by atoms with Gasteiger partial charge in [-0.15, -0.1) is 0 Å². The third-order valence-corrected chi connectivity index (χ3v) is 4.51. The molecule has 0 aliphatic carbocycles. The van der Waals surface area contributed by atoms with Gasteiger partial charge >= 0.3 is 0 Å². The lowest BCUT2D eigenvalue weighted by Gasteiger charge is -2.09. The van der Waals surface area contributed by atoms with Crippen LogP contribution < -0.4 is 5.73 Å². The smallest absolute Gasteiger partial charge is 0.178 e. The summed E-state index contributed by atoms with van der Waals surface area (Å²) in [5, 5.41) is 0. The highest BCUT2D eigenvalue weighted by atomic mass is 32.2. The minimum Gasteiger partial charge on any atom is -0.328 e. The van der Waals surface area contributed by atoms with Crippen LogP contribution in [0.5, 0.6) is 0 Å². The first-order valence-corrected chi connectivity index (χ1v) is 7.56. The lowest BCUT2D eigenvalue weighted by Crippen LogP contribution is -2.20. The largest absolute Gasteiger partial charge is 0.328 e. The predicted octanol–water partition coefficient (Wildman–Crippen LogP) is 2.32. The number of rotatable bonds is 5. The average molecular weight is 255 g/mol. The lowest BCUT2D eigenvalue weighted by atomic mass is 10.0. The highest BCUT2D eigenvalue weighted by Crippen LogP contribution is 2.18. The molecule has 0 saturated heterocycles. The topological polar surface area (TPSA) is 60.2 Å². The molecule has 0 heterocycles. The fourth-order valence-corrected chi connectivity index (χ4v) is 2.99. The van der Waals surface area contributed by atoms with Gasteiger partial charge in [-0.05, 0) is 37.0 Å². The van der Waals surface area contributed by atoms with E-state index in [0.29, 0.717) is 17.2 Å². The standard InChI is InChI=1S/C13H21NO2S/c1-10(2)12-4-6-13(7-5-12)17(15,16)9-8-11(3)14/h4-7,10-11H,8-9,14H2,1-3H3. The molecule has 0 aliphatic rings. The Morgan fingerprint density at radius 2 is 1.65 bits per heavy atom. The molecule has 3 nitrogen and oxygen atoms in total. The molecule has 0 fully saturated rings. The summed E-state index contributed by atoms with van der Waals surface area (Å²) in [4.78, 5) is 0.391. The molecule has 17 heavy (non-hydrogen) atoms. The Morgan fingerprint density at radius 1 is 1.12 bits per heavy atom. The van der Waals surface area contributed by atoms with Crippen LogP contribution >= 0.6 is 0 Å². The van der Waals surface area contributed by atoms with Gasteiger partial charge in [0.1, 0.15) is 0 Å². The van der Waals surface area contributed by atoms with Gasteiger partial charge in [0.05, 0.1) is 10.6 Å². The summed E-state index contributed by atoms with van der Waals surface area (Å²) >= 11 is 0. The molecule has 0 aliphatic heterocycles. The summed E-state index contributed by atoms with van der Waals surface area (Å²) in [5.74, 6) is 0.530. The van der Waals surface area contributed by atoms with E-state index in [1.807, 2.05) is 19.1 Å². The monoisotopic (exact) mass is 255 g/mol. The summed E-state index contributed by atoms with van der Waals surface area (Å²) in [6.45, 7) is 5.98. The normalized spacial score (nSPS) is 13.9. The Balaban J connectivity index is 2.85. The summed E-state index contributed by atoms with van der Waals surface area (Å²) in [7, 11) is -3.18. The molecule has 1 rings (SSSR count). The summed E-state index contributed by atoms with van der Waals surface area (Å²) in [6, 6.07) is 7.05. The van der Waals surface area contributed by atoms with Gasteiger partial charge in [-0.25, -0.2) is 8.42 Å². The van der Waals surface area contributed by atoms with Crippen molar-refractivity contribution in [3.05, 3.63) is 29.8 Å². The molecule has 0 amide bonds. The molecule has 4 heteroatoms. The quantitative estimate of drug-likeness (QED) is 0.878. The van der Waals surface area contributed by atoms with Crippen LogP contribution in [-0.4, -0.2) is 20.2 Å². The van der Waals surface area contributed by atoms with Gasteiger partial charge in [0, 0.05) is 6.04 Å². The van der Waals surface area contributed by atoms with E-state index in [1.54, 1.807) is 12.1 Å². The molecule has 1 atom stereocenters. The summed E-state index contributed by atoms with van der Waals surface area (Å²) < 4.78 is 23.9. The van der Waals surface area contributed by atoms with E-state index >= 15 is 0 Å². The zero-order valence-corrected chi connectivity index (χ0v) is 11.5. The second-order valence-electron chi connectivity index (χ2n) is 4.81. The van der Waals surface area contributed by atoms with Crippen molar-refractivity contribution in [2.45, 2.75) is 44.0 Å². The van der Waals surface area contributed by atoms with Gasteiger partial charge < -0.3 is 5.73 Å². The molecule has 96 valence electrons.